The quantitative estimate of drug-likeness (QED) is 0.829. The zero-order chi connectivity index (χ0) is 16.1. The van der Waals surface area contributed by atoms with Crippen molar-refractivity contribution in [2.75, 3.05) is 26.3 Å². The topological polar surface area (TPSA) is 77.4 Å². The Bertz CT molecular complexity index is 738. The highest BCUT2D eigenvalue weighted by atomic mass is 16.5. The first-order valence-corrected chi connectivity index (χ1v) is 8.75. The van der Waals surface area contributed by atoms with Gasteiger partial charge in [-0.1, -0.05) is 5.16 Å². The number of hydrogen-bond donors (Lipinski definition) is 0. The lowest BCUT2D eigenvalue weighted by Gasteiger charge is -2.25. The second-order valence-electron chi connectivity index (χ2n) is 7.66. The monoisotopic (exact) mass is 330 g/mol. The average molecular weight is 330 g/mol. The number of aromatic nitrogens is 3. The van der Waals surface area contributed by atoms with E-state index >= 15 is 0 Å². The van der Waals surface area contributed by atoms with Crippen LogP contribution in [-0.4, -0.2) is 46.6 Å². The number of likely N-dealkylation sites (tertiary alicyclic amines) is 1. The normalized spacial score (nSPS) is 30.1. The SMILES string of the molecule is Cc1cc(CN2C[C@@H]3COC[C@]3(Cc3nnc(C4CC4)o3)C2)no1. The van der Waals surface area contributed by atoms with Crippen LogP contribution in [0.3, 0.4) is 0 Å². The van der Waals surface area contributed by atoms with Crippen LogP contribution in [0.4, 0.5) is 0 Å². The predicted molar refractivity (Wildman–Crippen MR) is 83.2 cm³/mol. The van der Waals surface area contributed by atoms with Crippen LogP contribution >= 0.6 is 0 Å². The number of aryl methyl sites for hydroxylation is 1. The summed E-state index contributed by atoms with van der Waals surface area (Å²) in [5.74, 6) is 3.48. The van der Waals surface area contributed by atoms with Gasteiger partial charge in [0.15, 0.2) is 0 Å². The lowest BCUT2D eigenvalue weighted by molar-refractivity contribution is 0.122. The number of fused-ring (bicyclic) bond motifs is 1. The standard InChI is InChI=1S/C17H22N4O3/c1-11-4-14(20-24-11)7-21-6-13-8-22-10-17(13,9-21)5-15-18-19-16(23-15)12-2-3-12/h4,12-13H,2-3,5-10H2,1H3/t13-,17+/m1/s1. The van der Waals surface area contributed by atoms with Crippen molar-refractivity contribution in [1.29, 1.82) is 0 Å². The van der Waals surface area contributed by atoms with Crippen molar-refractivity contribution in [1.82, 2.24) is 20.3 Å². The molecule has 2 saturated heterocycles. The Morgan fingerprint density at radius 3 is 3.04 bits per heavy atom. The Morgan fingerprint density at radius 2 is 2.25 bits per heavy atom. The van der Waals surface area contributed by atoms with Crippen LogP contribution in [-0.2, 0) is 17.7 Å². The van der Waals surface area contributed by atoms with Gasteiger partial charge in [0.25, 0.3) is 0 Å². The molecule has 0 unspecified atom stereocenters. The van der Waals surface area contributed by atoms with Gasteiger partial charge in [0, 0.05) is 49.4 Å². The maximum Gasteiger partial charge on any atom is 0.219 e. The smallest absolute Gasteiger partial charge is 0.219 e. The number of hydrogen-bond acceptors (Lipinski definition) is 7. The molecule has 3 fully saturated rings. The highest BCUT2D eigenvalue weighted by Crippen LogP contribution is 2.45. The first kappa shape index (κ1) is 14.6. The lowest BCUT2D eigenvalue weighted by atomic mass is 9.78. The van der Waals surface area contributed by atoms with Gasteiger partial charge < -0.3 is 13.7 Å². The largest absolute Gasteiger partial charge is 0.425 e. The van der Waals surface area contributed by atoms with E-state index in [1.165, 1.54) is 12.8 Å². The fourth-order valence-corrected chi connectivity index (χ4v) is 4.17. The third kappa shape index (κ3) is 2.56. The minimum absolute atomic E-state index is 0.0894. The summed E-state index contributed by atoms with van der Waals surface area (Å²) in [6.45, 7) is 6.34. The van der Waals surface area contributed by atoms with Gasteiger partial charge in [-0.15, -0.1) is 10.2 Å². The predicted octanol–water partition coefficient (Wildman–Crippen LogP) is 1.93. The zero-order valence-corrected chi connectivity index (χ0v) is 13.9. The van der Waals surface area contributed by atoms with E-state index in [1.54, 1.807) is 0 Å². The molecule has 128 valence electrons. The van der Waals surface area contributed by atoms with Crippen LogP contribution in [0.1, 0.15) is 42.0 Å². The summed E-state index contributed by atoms with van der Waals surface area (Å²) in [7, 11) is 0. The molecular weight excluding hydrogens is 308 g/mol. The van der Waals surface area contributed by atoms with Gasteiger partial charge in [-0.2, -0.15) is 0 Å². The van der Waals surface area contributed by atoms with Crippen LogP contribution < -0.4 is 0 Å². The Balaban J connectivity index is 1.31. The van der Waals surface area contributed by atoms with Crippen molar-refractivity contribution in [3.8, 4) is 0 Å². The van der Waals surface area contributed by atoms with Crippen molar-refractivity contribution in [2.24, 2.45) is 11.3 Å². The number of rotatable bonds is 5. The summed E-state index contributed by atoms with van der Waals surface area (Å²) in [5.41, 5.74) is 1.09. The van der Waals surface area contributed by atoms with E-state index in [0.29, 0.717) is 11.8 Å². The molecule has 2 aromatic heterocycles. The molecule has 3 aliphatic rings. The highest BCUT2D eigenvalue weighted by Gasteiger charge is 2.51. The fourth-order valence-electron chi connectivity index (χ4n) is 4.17. The molecule has 0 aromatic carbocycles. The van der Waals surface area contributed by atoms with E-state index in [1.807, 2.05) is 13.0 Å². The first-order chi connectivity index (χ1) is 11.7. The van der Waals surface area contributed by atoms with Gasteiger partial charge in [-0.05, 0) is 19.8 Å². The molecule has 1 aliphatic carbocycles. The minimum Gasteiger partial charge on any atom is -0.425 e. The molecular formula is C17H22N4O3. The van der Waals surface area contributed by atoms with Crippen molar-refractivity contribution in [3.63, 3.8) is 0 Å². The zero-order valence-electron chi connectivity index (χ0n) is 13.9. The maximum atomic E-state index is 5.91. The molecule has 7 nitrogen and oxygen atoms in total. The summed E-state index contributed by atoms with van der Waals surface area (Å²) in [6, 6.07) is 2.01. The van der Waals surface area contributed by atoms with E-state index in [4.69, 9.17) is 13.7 Å². The van der Waals surface area contributed by atoms with Crippen LogP contribution in [0.15, 0.2) is 15.0 Å². The number of ether oxygens (including phenoxy) is 1. The molecule has 4 heterocycles. The van der Waals surface area contributed by atoms with E-state index < -0.39 is 0 Å². The molecule has 0 radical (unpaired) electrons. The van der Waals surface area contributed by atoms with Gasteiger partial charge in [0.2, 0.25) is 11.8 Å². The third-order valence-corrected chi connectivity index (χ3v) is 5.57. The van der Waals surface area contributed by atoms with E-state index in [0.717, 1.165) is 62.5 Å². The summed E-state index contributed by atoms with van der Waals surface area (Å²) in [6.07, 6.45) is 3.18. The molecule has 2 atom stereocenters. The molecule has 2 aliphatic heterocycles. The van der Waals surface area contributed by atoms with E-state index in [2.05, 4.69) is 20.3 Å². The molecule has 1 saturated carbocycles. The van der Waals surface area contributed by atoms with Crippen molar-refractivity contribution >= 4 is 0 Å². The summed E-state index contributed by atoms with van der Waals surface area (Å²) >= 11 is 0. The summed E-state index contributed by atoms with van der Waals surface area (Å²) in [5, 5.41) is 12.6. The average Bonchev–Trinajstić information content (AvgIpc) is 2.85. The molecule has 2 aromatic rings. The van der Waals surface area contributed by atoms with Crippen molar-refractivity contribution < 1.29 is 13.7 Å². The molecule has 0 amide bonds. The van der Waals surface area contributed by atoms with Gasteiger partial charge in [-0.3, -0.25) is 4.90 Å². The highest BCUT2D eigenvalue weighted by molar-refractivity contribution is 5.09. The first-order valence-electron chi connectivity index (χ1n) is 8.75. The van der Waals surface area contributed by atoms with Crippen molar-refractivity contribution in [3.05, 3.63) is 29.3 Å². The Hall–Kier alpha value is -1.73. The molecule has 5 rings (SSSR count). The second kappa shape index (κ2) is 5.39. The van der Waals surface area contributed by atoms with Crippen molar-refractivity contribution in [2.45, 2.75) is 38.6 Å². The van der Waals surface area contributed by atoms with E-state index in [9.17, 15) is 0 Å². The van der Waals surface area contributed by atoms with Crippen LogP contribution in [0, 0.1) is 18.3 Å². The summed E-state index contributed by atoms with van der Waals surface area (Å²) in [4.78, 5) is 2.45. The molecule has 7 heteroatoms. The van der Waals surface area contributed by atoms with Gasteiger partial charge in [0.05, 0.1) is 18.9 Å². The van der Waals surface area contributed by atoms with Gasteiger partial charge >= 0.3 is 0 Å². The van der Waals surface area contributed by atoms with Crippen LogP contribution in [0.5, 0.6) is 0 Å². The maximum absolute atomic E-state index is 5.91. The summed E-state index contributed by atoms with van der Waals surface area (Å²) < 4.78 is 16.9. The third-order valence-electron chi connectivity index (χ3n) is 5.57. The van der Waals surface area contributed by atoms with Crippen LogP contribution in [0.2, 0.25) is 0 Å². The Morgan fingerprint density at radius 1 is 1.33 bits per heavy atom. The molecule has 24 heavy (non-hydrogen) atoms. The Labute approximate surface area is 140 Å². The number of nitrogens with zero attached hydrogens (tertiary/aromatic N) is 4. The molecule has 0 spiro atoms. The molecule has 0 N–H and O–H groups in total. The Kier molecular flexibility index (Phi) is 3.28. The fraction of sp³-hybridized carbons (Fsp3) is 0.706. The van der Waals surface area contributed by atoms with Gasteiger partial charge in [-0.25, -0.2) is 0 Å². The van der Waals surface area contributed by atoms with Gasteiger partial charge in [0.1, 0.15) is 5.76 Å². The molecule has 0 bridgehead atoms. The van der Waals surface area contributed by atoms with E-state index in [-0.39, 0.29) is 5.41 Å². The minimum atomic E-state index is 0.0894. The van der Waals surface area contributed by atoms with Crippen LogP contribution in [0.25, 0.3) is 0 Å². The lowest BCUT2D eigenvalue weighted by Crippen LogP contribution is -2.33. The second-order valence-corrected chi connectivity index (χ2v) is 7.66.